The van der Waals surface area contributed by atoms with E-state index in [2.05, 4.69) is 51.9 Å². The van der Waals surface area contributed by atoms with E-state index in [0.29, 0.717) is 5.92 Å². The molecule has 0 radical (unpaired) electrons. The molecule has 130 valence electrons. The standard InChI is InChI=1S/C19H23N5O/c1-19(2)15(13-6-5-7-14(10-13)25-4)8-9-24(19)18-16-17(20-11-21-18)23(3)12-22-16/h5-7,10-12,15H,8-9H2,1-4H3. The summed E-state index contributed by atoms with van der Waals surface area (Å²) in [6, 6.07) is 8.39. The summed E-state index contributed by atoms with van der Waals surface area (Å²) in [6.07, 6.45) is 4.50. The molecule has 1 atom stereocenters. The third kappa shape index (κ3) is 2.44. The zero-order valence-corrected chi connectivity index (χ0v) is 15.1. The molecule has 0 amide bonds. The summed E-state index contributed by atoms with van der Waals surface area (Å²) in [5.41, 5.74) is 2.96. The lowest BCUT2D eigenvalue weighted by Crippen LogP contribution is -2.42. The van der Waals surface area contributed by atoms with Crippen molar-refractivity contribution in [3.8, 4) is 5.75 Å². The van der Waals surface area contributed by atoms with Gasteiger partial charge in [-0.25, -0.2) is 15.0 Å². The van der Waals surface area contributed by atoms with Gasteiger partial charge >= 0.3 is 0 Å². The first-order chi connectivity index (χ1) is 12.0. The Hall–Kier alpha value is -2.63. The van der Waals surface area contributed by atoms with Gasteiger partial charge in [0.2, 0.25) is 0 Å². The summed E-state index contributed by atoms with van der Waals surface area (Å²) in [7, 11) is 3.67. The lowest BCUT2D eigenvalue weighted by Gasteiger charge is -2.37. The molecular weight excluding hydrogens is 314 g/mol. The first-order valence-electron chi connectivity index (χ1n) is 8.56. The van der Waals surface area contributed by atoms with Crippen LogP contribution in [0.3, 0.4) is 0 Å². The summed E-state index contributed by atoms with van der Waals surface area (Å²) in [5, 5.41) is 0. The average Bonchev–Trinajstić information content (AvgIpc) is 3.14. The van der Waals surface area contributed by atoms with Crippen LogP contribution in [0.25, 0.3) is 11.2 Å². The van der Waals surface area contributed by atoms with Crippen LogP contribution in [0.2, 0.25) is 0 Å². The largest absolute Gasteiger partial charge is 0.497 e. The van der Waals surface area contributed by atoms with Gasteiger partial charge in [0.05, 0.1) is 13.4 Å². The summed E-state index contributed by atoms with van der Waals surface area (Å²) in [4.78, 5) is 15.8. The van der Waals surface area contributed by atoms with Crippen molar-refractivity contribution in [2.45, 2.75) is 31.7 Å². The Balaban J connectivity index is 1.75. The summed E-state index contributed by atoms with van der Waals surface area (Å²) >= 11 is 0. The lowest BCUT2D eigenvalue weighted by atomic mass is 9.82. The fourth-order valence-corrected chi connectivity index (χ4v) is 4.03. The second kappa shape index (κ2) is 5.72. The van der Waals surface area contributed by atoms with Gasteiger partial charge in [0.25, 0.3) is 0 Å². The molecule has 1 aliphatic rings. The Labute approximate surface area is 147 Å². The molecule has 4 rings (SSSR count). The molecule has 6 nitrogen and oxygen atoms in total. The van der Waals surface area contributed by atoms with E-state index >= 15 is 0 Å². The number of aryl methyl sites for hydroxylation is 1. The number of fused-ring (bicyclic) bond motifs is 1. The number of rotatable bonds is 3. The molecule has 0 saturated carbocycles. The van der Waals surface area contributed by atoms with Crippen LogP contribution in [0, 0.1) is 0 Å². The van der Waals surface area contributed by atoms with Gasteiger partial charge in [0.15, 0.2) is 17.0 Å². The van der Waals surface area contributed by atoms with E-state index in [-0.39, 0.29) is 5.54 Å². The number of hydrogen-bond acceptors (Lipinski definition) is 5. The minimum atomic E-state index is -0.0782. The SMILES string of the molecule is COc1cccc(C2CCN(c3ncnc4c3ncn4C)C2(C)C)c1. The molecule has 0 N–H and O–H groups in total. The van der Waals surface area contributed by atoms with Gasteiger partial charge in [-0.15, -0.1) is 0 Å². The topological polar surface area (TPSA) is 56.1 Å². The van der Waals surface area contributed by atoms with E-state index in [9.17, 15) is 0 Å². The lowest BCUT2D eigenvalue weighted by molar-refractivity contribution is 0.410. The van der Waals surface area contributed by atoms with E-state index in [1.807, 2.05) is 17.7 Å². The van der Waals surface area contributed by atoms with Crippen molar-refractivity contribution in [1.82, 2.24) is 19.5 Å². The van der Waals surface area contributed by atoms with Crippen molar-refractivity contribution in [2.24, 2.45) is 7.05 Å². The number of imidazole rings is 1. The second-order valence-corrected chi connectivity index (χ2v) is 7.15. The molecule has 0 aliphatic carbocycles. The fraction of sp³-hybridized carbons (Fsp3) is 0.421. The van der Waals surface area contributed by atoms with Crippen molar-refractivity contribution < 1.29 is 4.74 Å². The van der Waals surface area contributed by atoms with Gasteiger partial charge in [0, 0.05) is 25.0 Å². The molecule has 25 heavy (non-hydrogen) atoms. The number of hydrogen-bond donors (Lipinski definition) is 0. The van der Waals surface area contributed by atoms with Gasteiger partial charge in [-0.05, 0) is 38.0 Å². The van der Waals surface area contributed by atoms with E-state index in [4.69, 9.17) is 4.74 Å². The van der Waals surface area contributed by atoms with Crippen molar-refractivity contribution in [1.29, 1.82) is 0 Å². The first-order valence-corrected chi connectivity index (χ1v) is 8.56. The highest BCUT2D eigenvalue weighted by atomic mass is 16.5. The monoisotopic (exact) mass is 337 g/mol. The molecule has 1 saturated heterocycles. The van der Waals surface area contributed by atoms with Crippen LogP contribution in [-0.4, -0.2) is 38.7 Å². The van der Waals surface area contributed by atoms with Crippen LogP contribution in [0.15, 0.2) is 36.9 Å². The molecule has 1 fully saturated rings. The predicted octanol–water partition coefficient (Wildman–Crippen LogP) is 3.14. The molecule has 2 aromatic heterocycles. The number of ether oxygens (including phenoxy) is 1. The highest BCUT2D eigenvalue weighted by molar-refractivity contribution is 5.84. The smallest absolute Gasteiger partial charge is 0.165 e. The van der Waals surface area contributed by atoms with E-state index in [1.54, 1.807) is 19.8 Å². The van der Waals surface area contributed by atoms with Gasteiger partial charge in [-0.3, -0.25) is 0 Å². The minimum Gasteiger partial charge on any atom is -0.497 e. The van der Waals surface area contributed by atoms with Crippen molar-refractivity contribution >= 4 is 17.0 Å². The molecule has 6 heteroatoms. The first kappa shape index (κ1) is 15.9. The summed E-state index contributed by atoms with van der Waals surface area (Å²) in [5.74, 6) is 2.22. The third-order valence-corrected chi connectivity index (χ3v) is 5.42. The normalized spacial score (nSPS) is 19.5. The number of aromatic nitrogens is 4. The summed E-state index contributed by atoms with van der Waals surface area (Å²) in [6.45, 7) is 5.50. The van der Waals surface area contributed by atoms with Crippen LogP contribution in [-0.2, 0) is 7.05 Å². The number of anilines is 1. The van der Waals surface area contributed by atoms with Crippen LogP contribution in [0.5, 0.6) is 5.75 Å². The van der Waals surface area contributed by atoms with Gasteiger partial charge in [-0.1, -0.05) is 12.1 Å². The van der Waals surface area contributed by atoms with Crippen LogP contribution < -0.4 is 9.64 Å². The van der Waals surface area contributed by atoms with E-state index in [1.165, 1.54) is 5.56 Å². The van der Waals surface area contributed by atoms with Crippen molar-refractivity contribution in [3.63, 3.8) is 0 Å². The third-order valence-electron chi connectivity index (χ3n) is 5.42. The molecular formula is C19H23N5O. The number of methoxy groups -OCH3 is 1. The molecule has 1 aromatic carbocycles. The van der Waals surface area contributed by atoms with E-state index < -0.39 is 0 Å². The quantitative estimate of drug-likeness (QED) is 0.735. The van der Waals surface area contributed by atoms with Crippen LogP contribution >= 0.6 is 0 Å². The molecule has 3 heterocycles. The Bertz CT molecular complexity index is 917. The Morgan fingerprint density at radius 3 is 2.84 bits per heavy atom. The highest BCUT2D eigenvalue weighted by Crippen LogP contribution is 2.45. The van der Waals surface area contributed by atoms with Crippen LogP contribution in [0.1, 0.15) is 31.7 Å². The van der Waals surface area contributed by atoms with Crippen molar-refractivity contribution in [2.75, 3.05) is 18.6 Å². The maximum absolute atomic E-state index is 5.41. The molecule has 3 aromatic rings. The Morgan fingerprint density at radius 2 is 2.04 bits per heavy atom. The maximum Gasteiger partial charge on any atom is 0.165 e. The Morgan fingerprint density at radius 1 is 1.20 bits per heavy atom. The minimum absolute atomic E-state index is 0.0782. The molecule has 0 spiro atoms. The fourth-order valence-electron chi connectivity index (χ4n) is 4.03. The average molecular weight is 337 g/mol. The van der Waals surface area contributed by atoms with E-state index in [0.717, 1.165) is 35.7 Å². The van der Waals surface area contributed by atoms with Gasteiger partial charge < -0.3 is 14.2 Å². The van der Waals surface area contributed by atoms with Crippen LogP contribution in [0.4, 0.5) is 5.82 Å². The van der Waals surface area contributed by atoms with Gasteiger partial charge in [-0.2, -0.15) is 0 Å². The maximum atomic E-state index is 5.41. The van der Waals surface area contributed by atoms with Gasteiger partial charge in [0.1, 0.15) is 12.1 Å². The predicted molar refractivity (Wildman–Crippen MR) is 98.1 cm³/mol. The number of nitrogens with zero attached hydrogens (tertiary/aromatic N) is 5. The molecule has 1 unspecified atom stereocenters. The summed E-state index contributed by atoms with van der Waals surface area (Å²) < 4.78 is 7.34. The zero-order chi connectivity index (χ0) is 17.6. The molecule has 0 bridgehead atoms. The molecule has 1 aliphatic heterocycles. The Kier molecular flexibility index (Phi) is 3.63. The highest BCUT2D eigenvalue weighted by Gasteiger charge is 2.43. The number of benzene rings is 1. The van der Waals surface area contributed by atoms with Crippen molar-refractivity contribution in [3.05, 3.63) is 42.5 Å². The zero-order valence-electron chi connectivity index (χ0n) is 15.1. The second-order valence-electron chi connectivity index (χ2n) is 7.15.